The Morgan fingerprint density at radius 2 is 2.08 bits per heavy atom. The van der Waals surface area contributed by atoms with Crippen LogP contribution in [0.2, 0.25) is 0 Å². The van der Waals surface area contributed by atoms with Crippen LogP contribution in [0.5, 0.6) is 0 Å². The van der Waals surface area contributed by atoms with E-state index >= 15 is 0 Å². The number of pyridine rings is 1. The zero-order chi connectivity index (χ0) is 10.0. The number of anilines is 1. The lowest BCUT2D eigenvalue weighted by Gasteiger charge is -2.04. The highest BCUT2D eigenvalue weighted by molar-refractivity contribution is 6.09. The van der Waals surface area contributed by atoms with E-state index in [9.17, 15) is 9.59 Å². The second kappa shape index (κ2) is 3.22. The second-order valence-electron chi connectivity index (χ2n) is 2.54. The van der Waals surface area contributed by atoms with Gasteiger partial charge in [0.05, 0.1) is 11.1 Å². The number of Topliss-reactive ketones (excluding diaryl/α,β-unsaturated/α-hetero) is 1. The van der Waals surface area contributed by atoms with Gasteiger partial charge in [-0.3, -0.25) is 9.59 Å². The van der Waals surface area contributed by atoms with Gasteiger partial charge >= 0.3 is 0 Å². The van der Waals surface area contributed by atoms with Gasteiger partial charge in [0.2, 0.25) is 5.91 Å². The van der Waals surface area contributed by atoms with Crippen molar-refractivity contribution >= 4 is 17.5 Å². The molecule has 4 N–H and O–H groups in total. The number of aromatic nitrogens is 1. The average Bonchev–Trinajstić information content (AvgIpc) is 2.02. The first-order chi connectivity index (χ1) is 6.04. The van der Waals surface area contributed by atoms with Gasteiger partial charge in [-0.15, -0.1) is 0 Å². The molecule has 68 valence electrons. The summed E-state index contributed by atoms with van der Waals surface area (Å²) in [6.07, 6.45) is 1.34. The molecule has 13 heavy (non-hydrogen) atoms. The zero-order valence-electron chi connectivity index (χ0n) is 7.07. The smallest absolute Gasteiger partial charge is 0.249 e. The molecular weight excluding hydrogens is 170 g/mol. The number of amides is 1. The maximum atomic E-state index is 11.1. The molecule has 0 aliphatic carbocycles. The van der Waals surface area contributed by atoms with Crippen molar-refractivity contribution in [3.05, 3.63) is 23.4 Å². The van der Waals surface area contributed by atoms with Crippen molar-refractivity contribution < 1.29 is 9.59 Å². The summed E-state index contributed by atoms with van der Waals surface area (Å²) in [5.41, 5.74) is 10.7. The van der Waals surface area contributed by atoms with Gasteiger partial charge in [-0.05, 0) is 13.0 Å². The number of nitrogens with two attached hydrogens (primary N) is 2. The lowest BCUT2D eigenvalue weighted by atomic mass is 10.1. The summed E-state index contributed by atoms with van der Waals surface area (Å²) in [5, 5.41) is 0. The highest BCUT2D eigenvalue weighted by Gasteiger charge is 2.15. The van der Waals surface area contributed by atoms with Crippen molar-refractivity contribution in [3.63, 3.8) is 0 Å². The van der Waals surface area contributed by atoms with Crippen molar-refractivity contribution in [2.45, 2.75) is 6.92 Å². The topological polar surface area (TPSA) is 99.1 Å². The van der Waals surface area contributed by atoms with Crippen LogP contribution >= 0.6 is 0 Å². The minimum atomic E-state index is -0.681. The molecule has 5 nitrogen and oxygen atoms in total. The summed E-state index contributed by atoms with van der Waals surface area (Å²) in [7, 11) is 0. The molecule has 0 fully saturated rings. The van der Waals surface area contributed by atoms with E-state index in [1.165, 1.54) is 19.2 Å². The van der Waals surface area contributed by atoms with Crippen LogP contribution in [0.4, 0.5) is 5.82 Å². The summed E-state index contributed by atoms with van der Waals surface area (Å²) in [6.45, 7) is 1.31. The van der Waals surface area contributed by atoms with Gasteiger partial charge in [-0.25, -0.2) is 4.98 Å². The van der Waals surface area contributed by atoms with Crippen LogP contribution in [0, 0.1) is 0 Å². The summed E-state index contributed by atoms with van der Waals surface area (Å²) in [5.74, 6) is -0.970. The summed E-state index contributed by atoms with van der Waals surface area (Å²) in [4.78, 5) is 25.6. The minimum Gasteiger partial charge on any atom is -0.383 e. The SMILES string of the molecule is CC(=O)c1c(C(N)=O)ccnc1N. The fraction of sp³-hybridized carbons (Fsp3) is 0.125. The number of carbonyl (C=O) groups excluding carboxylic acids is 2. The average molecular weight is 179 g/mol. The molecule has 1 heterocycles. The van der Waals surface area contributed by atoms with Gasteiger partial charge in [-0.1, -0.05) is 0 Å². The number of carbonyl (C=O) groups is 2. The van der Waals surface area contributed by atoms with Crippen molar-refractivity contribution in [1.82, 2.24) is 4.98 Å². The molecule has 0 aliphatic rings. The Balaban J connectivity index is 3.43. The molecule has 1 aromatic heterocycles. The largest absolute Gasteiger partial charge is 0.383 e. The molecule has 0 spiro atoms. The van der Waals surface area contributed by atoms with Gasteiger partial charge in [0.25, 0.3) is 0 Å². The van der Waals surface area contributed by atoms with E-state index in [0.29, 0.717) is 0 Å². The molecule has 5 heteroatoms. The number of hydrogen-bond acceptors (Lipinski definition) is 4. The normalized spacial score (nSPS) is 9.62. The predicted molar refractivity (Wildman–Crippen MR) is 47.2 cm³/mol. The lowest BCUT2D eigenvalue weighted by Crippen LogP contribution is -2.17. The van der Waals surface area contributed by atoms with E-state index in [4.69, 9.17) is 11.5 Å². The first-order valence-electron chi connectivity index (χ1n) is 3.59. The van der Waals surface area contributed by atoms with E-state index in [0.717, 1.165) is 0 Å². The third-order valence-electron chi connectivity index (χ3n) is 1.60. The minimum absolute atomic E-state index is 0.0313. The monoisotopic (exact) mass is 179 g/mol. The van der Waals surface area contributed by atoms with Gasteiger partial charge in [0.15, 0.2) is 5.78 Å². The first kappa shape index (κ1) is 9.18. The lowest BCUT2D eigenvalue weighted by molar-refractivity contribution is 0.0973. The van der Waals surface area contributed by atoms with Crippen molar-refractivity contribution in [2.24, 2.45) is 5.73 Å². The molecule has 0 aliphatic heterocycles. The molecule has 0 radical (unpaired) electrons. The number of nitrogen functional groups attached to an aromatic ring is 1. The van der Waals surface area contributed by atoms with Gasteiger partial charge in [0, 0.05) is 6.20 Å². The Morgan fingerprint density at radius 1 is 1.46 bits per heavy atom. The van der Waals surface area contributed by atoms with Crippen LogP contribution in [0.1, 0.15) is 27.6 Å². The zero-order valence-corrected chi connectivity index (χ0v) is 7.07. The molecule has 1 aromatic rings. The molecular formula is C8H9N3O2. The molecule has 1 amide bonds. The third kappa shape index (κ3) is 1.64. The fourth-order valence-corrected chi connectivity index (χ4v) is 1.05. The van der Waals surface area contributed by atoms with Crippen molar-refractivity contribution in [2.75, 3.05) is 5.73 Å². The Labute approximate surface area is 74.7 Å². The number of nitrogens with zero attached hydrogens (tertiary/aromatic N) is 1. The number of ketones is 1. The van der Waals surface area contributed by atoms with Gasteiger partial charge < -0.3 is 11.5 Å². The molecule has 0 aromatic carbocycles. The van der Waals surface area contributed by atoms with Gasteiger partial charge in [-0.2, -0.15) is 0 Å². The molecule has 0 bridgehead atoms. The van der Waals surface area contributed by atoms with Crippen LogP contribution in [0.3, 0.4) is 0 Å². The molecule has 0 saturated heterocycles. The number of rotatable bonds is 2. The van der Waals surface area contributed by atoms with E-state index in [2.05, 4.69) is 4.98 Å². The maximum Gasteiger partial charge on any atom is 0.249 e. The van der Waals surface area contributed by atoms with E-state index in [1.807, 2.05) is 0 Å². The van der Waals surface area contributed by atoms with Crippen LogP contribution in [0.25, 0.3) is 0 Å². The standard InChI is InChI=1S/C8H9N3O2/c1-4(12)6-5(8(10)13)2-3-11-7(6)9/h2-3H,1H3,(H2,9,11)(H2,10,13). The van der Waals surface area contributed by atoms with Crippen LogP contribution in [-0.4, -0.2) is 16.7 Å². The Morgan fingerprint density at radius 3 is 2.46 bits per heavy atom. The number of primary amides is 1. The Hall–Kier alpha value is -1.91. The quantitative estimate of drug-likeness (QED) is 0.622. The first-order valence-corrected chi connectivity index (χ1v) is 3.59. The third-order valence-corrected chi connectivity index (χ3v) is 1.60. The molecule has 0 atom stereocenters. The fourth-order valence-electron chi connectivity index (χ4n) is 1.05. The van der Waals surface area contributed by atoms with Crippen molar-refractivity contribution in [1.29, 1.82) is 0 Å². The summed E-state index contributed by atoms with van der Waals surface area (Å²) in [6, 6.07) is 1.37. The van der Waals surface area contributed by atoms with Crippen LogP contribution < -0.4 is 11.5 Å². The second-order valence-corrected chi connectivity index (χ2v) is 2.54. The van der Waals surface area contributed by atoms with Gasteiger partial charge in [0.1, 0.15) is 5.82 Å². The van der Waals surface area contributed by atoms with Crippen LogP contribution in [-0.2, 0) is 0 Å². The summed E-state index contributed by atoms with van der Waals surface area (Å²) >= 11 is 0. The van der Waals surface area contributed by atoms with Crippen LogP contribution in [0.15, 0.2) is 12.3 Å². The Kier molecular flexibility index (Phi) is 2.27. The Bertz CT molecular complexity index is 374. The van der Waals surface area contributed by atoms with E-state index < -0.39 is 5.91 Å². The van der Waals surface area contributed by atoms with E-state index in [1.54, 1.807) is 0 Å². The predicted octanol–water partition coefficient (Wildman–Crippen LogP) is -0.0347. The highest BCUT2D eigenvalue weighted by atomic mass is 16.1. The van der Waals surface area contributed by atoms with E-state index in [-0.39, 0.29) is 22.7 Å². The van der Waals surface area contributed by atoms with Crippen molar-refractivity contribution in [3.8, 4) is 0 Å². The number of hydrogen-bond donors (Lipinski definition) is 2. The molecule has 0 saturated carbocycles. The molecule has 1 rings (SSSR count). The highest BCUT2D eigenvalue weighted by Crippen LogP contribution is 2.14. The summed E-state index contributed by atoms with van der Waals surface area (Å²) < 4.78 is 0. The molecule has 0 unspecified atom stereocenters. The maximum absolute atomic E-state index is 11.1.